The molecule has 0 bridgehead atoms. The summed E-state index contributed by atoms with van der Waals surface area (Å²) < 4.78 is 0. The smallest absolute Gasteiger partial charge is 0.237 e. The van der Waals surface area contributed by atoms with E-state index in [1.54, 1.807) is 11.3 Å². The largest absolute Gasteiger partial charge is 0.350 e. The van der Waals surface area contributed by atoms with E-state index in [1.165, 1.54) is 5.56 Å². The lowest BCUT2D eigenvalue weighted by Gasteiger charge is -2.26. The van der Waals surface area contributed by atoms with Crippen LogP contribution in [0.5, 0.6) is 0 Å². The molecule has 1 amide bonds. The van der Waals surface area contributed by atoms with Gasteiger partial charge < -0.3 is 10.6 Å². The van der Waals surface area contributed by atoms with Gasteiger partial charge in [-0.2, -0.15) is 11.3 Å². The fourth-order valence-electron chi connectivity index (χ4n) is 1.49. The van der Waals surface area contributed by atoms with Gasteiger partial charge in [0.1, 0.15) is 0 Å². The molecular weight excluding hydrogens is 244 g/mol. The third kappa shape index (κ3) is 5.19. The van der Waals surface area contributed by atoms with Crippen LogP contribution in [-0.4, -0.2) is 24.0 Å². The molecule has 0 saturated carbocycles. The molecule has 1 rings (SSSR count). The molecule has 3 nitrogen and oxygen atoms in total. The highest BCUT2D eigenvalue weighted by atomic mass is 32.1. The van der Waals surface area contributed by atoms with Crippen molar-refractivity contribution in [3.63, 3.8) is 0 Å². The van der Waals surface area contributed by atoms with Gasteiger partial charge >= 0.3 is 0 Å². The maximum atomic E-state index is 11.9. The molecule has 1 aromatic heterocycles. The lowest BCUT2D eigenvalue weighted by Crippen LogP contribution is -2.50. The molecule has 1 heterocycles. The van der Waals surface area contributed by atoms with Crippen LogP contribution in [0.25, 0.3) is 0 Å². The lowest BCUT2D eigenvalue weighted by atomic mass is 10.0. The molecule has 0 radical (unpaired) electrons. The van der Waals surface area contributed by atoms with Crippen molar-refractivity contribution in [2.24, 2.45) is 0 Å². The summed E-state index contributed by atoms with van der Waals surface area (Å²) in [7, 11) is 0. The van der Waals surface area contributed by atoms with Gasteiger partial charge in [-0.15, -0.1) is 0 Å². The molecule has 1 unspecified atom stereocenters. The number of hydrogen-bond acceptors (Lipinski definition) is 3. The van der Waals surface area contributed by atoms with Gasteiger partial charge in [-0.25, -0.2) is 0 Å². The Bertz CT molecular complexity index is 360. The molecule has 2 N–H and O–H groups in total. The second-order valence-corrected chi connectivity index (χ2v) is 6.06. The van der Waals surface area contributed by atoms with Crippen LogP contribution in [0.3, 0.4) is 0 Å². The van der Waals surface area contributed by atoms with Crippen LogP contribution in [0, 0.1) is 0 Å². The maximum absolute atomic E-state index is 11.9. The van der Waals surface area contributed by atoms with Crippen LogP contribution in [0.1, 0.15) is 39.7 Å². The average Bonchev–Trinajstić information content (AvgIpc) is 2.81. The summed E-state index contributed by atoms with van der Waals surface area (Å²) in [5, 5.41) is 10.5. The van der Waals surface area contributed by atoms with Crippen molar-refractivity contribution in [3.05, 3.63) is 22.4 Å². The first-order valence-corrected chi connectivity index (χ1v) is 7.45. The third-order valence-corrected chi connectivity index (χ3v) is 3.92. The molecule has 0 aromatic carbocycles. The van der Waals surface area contributed by atoms with Crippen LogP contribution < -0.4 is 10.6 Å². The topological polar surface area (TPSA) is 41.1 Å². The fourth-order valence-corrected chi connectivity index (χ4v) is 2.19. The molecule has 0 fully saturated rings. The van der Waals surface area contributed by atoms with Crippen molar-refractivity contribution in [2.45, 2.75) is 52.1 Å². The molecule has 1 atom stereocenters. The molecule has 0 saturated heterocycles. The van der Waals surface area contributed by atoms with Crippen LogP contribution in [-0.2, 0) is 11.2 Å². The molecule has 4 heteroatoms. The molecule has 0 aliphatic rings. The third-order valence-electron chi connectivity index (χ3n) is 3.18. The first kappa shape index (κ1) is 15.2. The van der Waals surface area contributed by atoms with Gasteiger partial charge in [0.15, 0.2) is 0 Å². The minimum atomic E-state index is -0.144. The molecule has 18 heavy (non-hydrogen) atoms. The summed E-state index contributed by atoms with van der Waals surface area (Å²) in [5.41, 5.74) is 1.20. The zero-order chi connectivity index (χ0) is 13.6. The van der Waals surface area contributed by atoms with Crippen molar-refractivity contribution in [1.29, 1.82) is 0 Å². The van der Waals surface area contributed by atoms with Crippen molar-refractivity contribution >= 4 is 17.2 Å². The van der Waals surface area contributed by atoms with E-state index >= 15 is 0 Å². The van der Waals surface area contributed by atoms with E-state index < -0.39 is 0 Å². The Balaban J connectivity index is 2.27. The SMILES string of the molecule is CCC(C)(C)NC(=O)C(C)NCCc1ccsc1. The van der Waals surface area contributed by atoms with Crippen molar-refractivity contribution in [1.82, 2.24) is 10.6 Å². The zero-order valence-corrected chi connectivity index (χ0v) is 12.6. The summed E-state index contributed by atoms with van der Waals surface area (Å²) in [6.07, 6.45) is 1.90. The minimum absolute atomic E-state index is 0.0761. The molecule has 0 spiro atoms. The second kappa shape index (κ2) is 6.90. The van der Waals surface area contributed by atoms with E-state index in [-0.39, 0.29) is 17.5 Å². The normalized spacial score (nSPS) is 13.3. The molecule has 1 aromatic rings. The highest BCUT2D eigenvalue weighted by molar-refractivity contribution is 7.07. The van der Waals surface area contributed by atoms with Gasteiger partial charge in [0.05, 0.1) is 6.04 Å². The highest BCUT2D eigenvalue weighted by Gasteiger charge is 2.21. The number of amides is 1. The Morgan fingerprint density at radius 3 is 2.78 bits per heavy atom. The van der Waals surface area contributed by atoms with E-state index in [1.807, 2.05) is 20.8 Å². The molecule has 102 valence electrons. The second-order valence-electron chi connectivity index (χ2n) is 5.28. The van der Waals surface area contributed by atoms with Crippen LogP contribution >= 0.6 is 11.3 Å². The summed E-state index contributed by atoms with van der Waals surface area (Å²) >= 11 is 1.71. The van der Waals surface area contributed by atoms with Gasteiger partial charge in [0, 0.05) is 5.54 Å². The first-order valence-electron chi connectivity index (χ1n) is 6.51. The van der Waals surface area contributed by atoms with Crippen molar-refractivity contribution in [2.75, 3.05) is 6.54 Å². The number of rotatable bonds is 7. The number of nitrogens with one attached hydrogen (secondary N) is 2. The Hall–Kier alpha value is -0.870. The predicted octanol–water partition coefficient (Wildman–Crippen LogP) is 2.57. The van der Waals surface area contributed by atoms with Crippen LogP contribution in [0.4, 0.5) is 0 Å². The van der Waals surface area contributed by atoms with Crippen LogP contribution in [0.15, 0.2) is 16.8 Å². The zero-order valence-electron chi connectivity index (χ0n) is 11.7. The van der Waals surface area contributed by atoms with Gasteiger partial charge in [-0.3, -0.25) is 4.79 Å². The quantitative estimate of drug-likeness (QED) is 0.798. The summed E-state index contributed by atoms with van der Waals surface area (Å²) in [4.78, 5) is 11.9. The number of hydrogen-bond donors (Lipinski definition) is 2. The van der Waals surface area contributed by atoms with E-state index in [0.29, 0.717) is 0 Å². The van der Waals surface area contributed by atoms with Gasteiger partial charge in [0.25, 0.3) is 0 Å². The van der Waals surface area contributed by atoms with Crippen molar-refractivity contribution < 1.29 is 4.79 Å². The number of thiophene rings is 1. The molecule has 0 aliphatic heterocycles. The Kier molecular flexibility index (Phi) is 5.82. The Morgan fingerprint density at radius 1 is 1.50 bits per heavy atom. The minimum Gasteiger partial charge on any atom is -0.350 e. The van der Waals surface area contributed by atoms with E-state index in [2.05, 4.69) is 34.4 Å². The number of carbonyl (C=O) groups excluding carboxylic acids is 1. The van der Waals surface area contributed by atoms with E-state index in [9.17, 15) is 4.79 Å². The fraction of sp³-hybridized carbons (Fsp3) is 0.643. The van der Waals surface area contributed by atoms with E-state index in [4.69, 9.17) is 0 Å². The van der Waals surface area contributed by atoms with Gasteiger partial charge in [0.2, 0.25) is 5.91 Å². The summed E-state index contributed by atoms with van der Waals surface area (Å²) in [6, 6.07) is 1.98. The Labute approximate surface area is 114 Å². The summed E-state index contributed by atoms with van der Waals surface area (Å²) in [5.74, 6) is 0.0761. The van der Waals surface area contributed by atoms with Crippen LogP contribution in [0.2, 0.25) is 0 Å². The first-order chi connectivity index (χ1) is 8.44. The lowest BCUT2D eigenvalue weighted by molar-refractivity contribution is -0.124. The average molecular weight is 268 g/mol. The highest BCUT2D eigenvalue weighted by Crippen LogP contribution is 2.07. The standard InChI is InChI=1S/C14H24N2OS/c1-5-14(3,4)16-13(17)11(2)15-8-6-12-7-9-18-10-12/h7,9-11,15H,5-6,8H2,1-4H3,(H,16,17). The van der Waals surface area contributed by atoms with Crippen molar-refractivity contribution in [3.8, 4) is 0 Å². The van der Waals surface area contributed by atoms with E-state index in [0.717, 1.165) is 19.4 Å². The summed E-state index contributed by atoms with van der Waals surface area (Å²) in [6.45, 7) is 8.91. The molecular formula is C14H24N2OS. The Morgan fingerprint density at radius 2 is 2.22 bits per heavy atom. The van der Waals surface area contributed by atoms with Gasteiger partial charge in [-0.1, -0.05) is 6.92 Å². The van der Waals surface area contributed by atoms with Gasteiger partial charge in [-0.05, 0) is 62.5 Å². The predicted molar refractivity (Wildman–Crippen MR) is 78.0 cm³/mol. The maximum Gasteiger partial charge on any atom is 0.237 e. The number of carbonyl (C=O) groups is 1. The monoisotopic (exact) mass is 268 g/mol. The molecule has 0 aliphatic carbocycles.